The molecule has 0 radical (unpaired) electrons. The van der Waals surface area contributed by atoms with Gasteiger partial charge in [-0.05, 0) is 28.8 Å². The van der Waals surface area contributed by atoms with Crippen molar-refractivity contribution in [3.8, 4) is 0 Å². The maximum atomic E-state index is 11.0. The third kappa shape index (κ3) is 4.08. The molecule has 0 N–H and O–H groups in total. The fourth-order valence-electron chi connectivity index (χ4n) is 1.47. The summed E-state index contributed by atoms with van der Waals surface area (Å²) in [6.45, 7) is 0.806. The zero-order valence-electron chi connectivity index (χ0n) is 8.96. The first-order valence-electron chi connectivity index (χ1n) is 4.92. The Hall–Kier alpha value is -0.950. The molecule has 0 amide bonds. The van der Waals surface area contributed by atoms with E-state index in [2.05, 4.69) is 4.57 Å². The fraction of sp³-hybridized carbons (Fsp3) is 0.0833. The van der Waals surface area contributed by atoms with E-state index in [1.54, 1.807) is 0 Å². The molecule has 1 aromatic carbocycles. The first kappa shape index (κ1) is 14.1. The molecule has 0 spiro atoms. The molecule has 1 atom stereocenters. The smallest absolute Gasteiger partial charge is 0.494 e. The van der Waals surface area contributed by atoms with E-state index in [1.165, 1.54) is 0 Å². The SMILES string of the molecule is O=[P+](Cl)c1ccc(C[n+]2ccccc2)cc1.[Cl-]. The molecule has 5 heteroatoms. The first-order chi connectivity index (χ1) is 7.75. The van der Waals surface area contributed by atoms with Crippen molar-refractivity contribution in [3.05, 3.63) is 60.4 Å². The van der Waals surface area contributed by atoms with E-state index in [0.717, 1.165) is 12.1 Å². The van der Waals surface area contributed by atoms with E-state index >= 15 is 0 Å². The van der Waals surface area contributed by atoms with Crippen molar-refractivity contribution in [2.75, 3.05) is 0 Å². The molecule has 2 aromatic rings. The Kier molecular flexibility index (Phi) is 5.57. The van der Waals surface area contributed by atoms with Crippen LogP contribution in [0.4, 0.5) is 0 Å². The van der Waals surface area contributed by atoms with Crippen LogP contribution in [-0.4, -0.2) is 0 Å². The highest BCUT2D eigenvalue weighted by atomic mass is 35.7. The Balaban J connectivity index is 0.00000144. The van der Waals surface area contributed by atoms with Gasteiger partial charge in [0.15, 0.2) is 18.9 Å². The highest BCUT2D eigenvalue weighted by molar-refractivity contribution is 7.80. The number of hydrogen-bond acceptors (Lipinski definition) is 1. The quantitative estimate of drug-likeness (QED) is 0.557. The second-order valence-corrected chi connectivity index (χ2v) is 5.39. The zero-order chi connectivity index (χ0) is 11.4. The van der Waals surface area contributed by atoms with Gasteiger partial charge in [-0.2, -0.15) is 0 Å². The lowest BCUT2D eigenvalue weighted by atomic mass is 10.2. The van der Waals surface area contributed by atoms with Gasteiger partial charge in [-0.1, -0.05) is 6.07 Å². The maximum Gasteiger partial charge on any atom is 0.494 e. The average Bonchev–Trinajstić information content (AvgIpc) is 2.31. The van der Waals surface area contributed by atoms with Crippen LogP contribution in [-0.2, 0) is 11.1 Å². The molecule has 1 heterocycles. The second kappa shape index (κ2) is 6.70. The first-order valence-corrected chi connectivity index (χ1v) is 7.08. The summed E-state index contributed by atoms with van der Waals surface area (Å²) in [5, 5.41) is 0.679. The standard InChI is InChI=1S/C12H11ClNOP.ClH/c13-16(15)12-6-4-11(5-7-12)10-14-8-2-1-3-9-14;/h1-9H,10H2;1H/q+2;/p-1. The number of hydrogen-bond donors (Lipinski definition) is 0. The lowest BCUT2D eigenvalue weighted by molar-refractivity contribution is -0.688. The summed E-state index contributed by atoms with van der Waals surface area (Å²) >= 11 is 5.52. The average molecular weight is 287 g/mol. The van der Waals surface area contributed by atoms with Crippen LogP contribution in [0.25, 0.3) is 0 Å². The summed E-state index contributed by atoms with van der Waals surface area (Å²) in [6.07, 6.45) is 4.02. The molecule has 2 nitrogen and oxygen atoms in total. The van der Waals surface area contributed by atoms with E-state index in [4.69, 9.17) is 11.2 Å². The Labute approximate surface area is 112 Å². The molecule has 0 saturated heterocycles. The van der Waals surface area contributed by atoms with Crippen molar-refractivity contribution >= 4 is 23.7 Å². The van der Waals surface area contributed by atoms with Gasteiger partial charge in [-0.25, -0.2) is 4.57 Å². The number of pyridine rings is 1. The van der Waals surface area contributed by atoms with E-state index < -0.39 is 7.15 Å². The molecule has 0 aliphatic heterocycles. The Bertz CT molecular complexity index is 488. The van der Waals surface area contributed by atoms with Crippen molar-refractivity contribution in [2.24, 2.45) is 0 Å². The molecular formula is C12H11Cl2NOP+. The van der Waals surface area contributed by atoms with Crippen LogP contribution < -0.4 is 22.3 Å². The monoisotopic (exact) mass is 286 g/mol. The predicted octanol–water partition coefficient (Wildman–Crippen LogP) is -0.367. The summed E-state index contributed by atoms with van der Waals surface area (Å²) in [6, 6.07) is 13.5. The van der Waals surface area contributed by atoms with E-state index in [-0.39, 0.29) is 12.4 Å². The van der Waals surface area contributed by atoms with Gasteiger partial charge < -0.3 is 12.4 Å². The molecule has 0 aliphatic rings. The van der Waals surface area contributed by atoms with Crippen LogP contribution in [0.15, 0.2) is 54.9 Å². The van der Waals surface area contributed by atoms with E-state index in [9.17, 15) is 4.57 Å². The molecule has 0 saturated carbocycles. The summed E-state index contributed by atoms with van der Waals surface area (Å²) in [4.78, 5) is 0. The summed E-state index contributed by atoms with van der Waals surface area (Å²) < 4.78 is 13.1. The molecule has 1 unspecified atom stereocenters. The molecule has 1 aromatic heterocycles. The summed E-state index contributed by atoms with van der Waals surface area (Å²) in [5.74, 6) is 0. The van der Waals surface area contributed by atoms with Gasteiger partial charge >= 0.3 is 7.15 Å². The van der Waals surface area contributed by atoms with Crippen molar-refractivity contribution in [2.45, 2.75) is 6.54 Å². The topological polar surface area (TPSA) is 20.9 Å². The third-order valence-corrected chi connectivity index (χ3v) is 3.57. The van der Waals surface area contributed by atoms with Gasteiger partial charge in [-0.15, -0.1) is 0 Å². The van der Waals surface area contributed by atoms with Gasteiger partial charge in [0, 0.05) is 17.7 Å². The third-order valence-electron chi connectivity index (χ3n) is 2.28. The highest BCUT2D eigenvalue weighted by Crippen LogP contribution is 2.24. The molecule has 0 bridgehead atoms. The van der Waals surface area contributed by atoms with Crippen molar-refractivity contribution in [1.82, 2.24) is 0 Å². The molecule has 2 rings (SSSR count). The van der Waals surface area contributed by atoms with Crippen LogP contribution >= 0.6 is 18.4 Å². The molecule has 17 heavy (non-hydrogen) atoms. The van der Waals surface area contributed by atoms with Crippen LogP contribution in [0.3, 0.4) is 0 Å². The number of benzene rings is 1. The molecule has 88 valence electrons. The largest absolute Gasteiger partial charge is 1.00 e. The maximum absolute atomic E-state index is 11.0. The minimum absolute atomic E-state index is 0. The predicted molar refractivity (Wildman–Crippen MR) is 65.3 cm³/mol. The number of aromatic nitrogens is 1. The number of rotatable bonds is 3. The minimum Gasteiger partial charge on any atom is -1.00 e. The second-order valence-electron chi connectivity index (χ2n) is 3.46. The van der Waals surface area contributed by atoms with Crippen molar-refractivity contribution in [1.29, 1.82) is 0 Å². The van der Waals surface area contributed by atoms with Crippen molar-refractivity contribution < 1.29 is 21.5 Å². The van der Waals surface area contributed by atoms with E-state index in [1.807, 2.05) is 54.9 Å². The normalized spacial score (nSPS) is 10.5. The number of halogens is 2. The highest BCUT2D eigenvalue weighted by Gasteiger charge is 2.15. The van der Waals surface area contributed by atoms with Gasteiger partial charge in [0.05, 0.1) is 0 Å². The Morgan fingerprint density at radius 1 is 1.06 bits per heavy atom. The fourth-order valence-corrected chi connectivity index (χ4v) is 2.19. The lowest BCUT2D eigenvalue weighted by Crippen LogP contribution is -3.00. The summed E-state index contributed by atoms with van der Waals surface area (Å²) in [5.41, 5.74) is 1.16. The summed E-state index contributed by atoms with van der Waals surface area (Å²) in [7, 11) is -1.75. The zero-order valence-corrected chi connectivity index (χ0v) is 11.4. The Morgan fingerprint density at radius 2 is 1.65 bits per heavy atom. The van der Waals surface area contributed by atoms with Crippen LogP contribution in [0.5, 0.6) is 0 Å². The van der Waals surface area contributed by atoms with E-state index in [0.29, 0.717) is 5.30 Å². The van der Waals surface area contributed by atoms with Crippen LogP contribution in [0.1, 0.15) is 5.56 Å². The molecular weight excluding hydrogens is 276 g/mol. The number of nitrogens with zero attached hydrogens (tertiary/aromatic N) is 1. The van der Waals surface area contributed by atoms with Crippen LogP contribution in [0, 0.1) is 0 Å². The molecule has 0 fully saturated rings. The Morgan fingerprint density at radius 3 is 2.18 bits per heavy atom. The molecule has 0 aliphatic carbocycles. The van der Waals surface area contributed by atoms with Crippen LogP contribution in [0.2, 0.25) is 0 Å². The minimum atomic E-state index is -1.75. The van der Waals surface area contributed by atoms with Gasteiger partial charge in [0.25, 0.3) is 0 Å². The van der Waals surface area contributed by atoms with Gasteiger partial charge in [0.2, 0.25) is 16.5 Å². The lowest BCUT2D eigenvalue weighted by Gasteiger charge is -1.96. The van der Waals surface area contributed by atoms with Gasteiger partial charge in [-0.3, -0.25) is 0 Å². The van der Waals surface area contributed by atoms with Crippen molar-refractivity contribution in [3.63, 3.8) is 0 Å². The van der Waals surface area contributed by atoms with Gasteiger partial charge in [0.1, 0.15) is 0 Å².